The molecule has 146 valence electrons. The van der Waals surface area contributed by atoms with Crippen LogP contribution in [0.25, 0.3) is 5.69 Å². The van der Waals surface area contributed by atoms with Crippen molar-refractivity contribution in [1.29, 1.82) is 0 Å². The normalized spacial score (nSPS) is 12.4. The summed E-state index contributed by atoms with van der Waals surface area (Å²) < 4.78 is 16.1. The molecule has 0 radical (unpaired) electrons. The van der Waals surface area contributed by atoms with Gasteiger partial charge in [0.2, 0.25) is 0 Å². The first-order chi connectivity index (χ1) is 13.4. The van der Waals surface area contributed by atoms with Gasteiger partial charge in [-0.25, -0.2) is 4.39 Å². The van der Waals surface area contributed by atoms with Crippen LogP contribution in [0.3, 0.4) is 0 Å². The molecule has 0 saturated carbocycles. The average molecular weight is 463 g/mol. The Morgan fingerprint density at radius 1 is 1.21 bits per heavy atom. The minimum absolute atomic E-state index is 0.00200. The summed E-state index contributed by atoms with van der Waals surface area (Å²) in [5.41, 5.74) is 1.39. The molecule has 1 heterocycles. The molecular formula is C20H20BrFN4OS. The van der Waals surface area contributed by atoms with E-state index in [4.69, 9.17) is 0 Å². The Labute approximate surface area is 176 Å². The second kappa shape index (κ2) is 8.98. The Morgan fingerprint density at radius 3 is 2.57 bits per heavy atom. The maximum Gasteiger partial charge on any atom is 0.196 e. The summed E-state index contributed by atoms with van der Waals surface area (Å²) in [5.74, 6) is 0.654. The van der Waals surface area contributed by atoms with Gasteiger partial charge in [0.1, 0.15) is 5.82 Å². The van der Waals surface area contributed by atoms with Gasteiger partial charge in [-0.2, -0.15) is 0 Å². The first-order valence-electron chi connectivity index (χ1n) is 8.66. The Hall–Kier alpha value is -2.03. The number of halogens is 2. The van der Waals surface area contributed by atoms with Crippen LogP contribution in [-0.2, 0) is 0 Å². The van der Waals surface area contributed by atoms with E-state index < -0.39 is 0 Å². The molecule has 0 amide bonds. The number of Topliss-reactive ketones (excluding diaryl/α,β-unsaturated/α-hetero) is 1. The third kappa shape index (κ3) is 4.68. The van der Waals surface area contributed by atoms with Gasteiger partial charge in [0.05, 0.1) is 11.8 Å². The van der Waals surface area contributed by atoms with Crippen molar-refractivity contribution in [3.8, 4) is 5.69 Å². The van der Waals surface area contributed by atoms with Crippen molar-refractivity contribution in [3.63, 3.8) is 0 Å². The molecule has 0 fully saturated rings. The van der Waals surface area contributed by atoms with E-state index in [2.05, 4.69) is 26.1 Å². The molecule has 0 aliphatic carbocycles. The van der Waals surface area contributed by atoms with Crippen LogP contribution in [-0.4, -0.2) is 45.3 Å². The Morgan fingerprint density at radius 2 is 1.93 bits per heavy atom. The van der Waals surface area contributed by atoms with Crippen molar-refractivity contribution in [2.75, 3.05) is 19.8 Å². The Bertz CT molecular complexity index is 975. The minimum Gasteiger partial charge on any atom is -0.300 e. The number of hydrogen-bond acceptors (Lipinski definition) is 5. The van der Waals surface area contributed by atoms with Crippen molar-refractivity contribution in [2.45, 2.75) is 18.1 Å². The zero-order valence-electron chi connectivity index (χ0n) is 15.8. The smallest absolute Gasteiger partial charge is 0.196 e. The van der Waals surface area contributed by atoms with Crippen LogP contribution in [0, 0.1) is 5.82 Å². The lowest BCUT2D eigenvalue weighted by molar-refractivity contribution is 0.102. The first kappa shape index (κ1) is 20.7. The van der Waals surface area contributed by atoms with Gasteiger partial charge in [-0.3, -0.25) is 14.3 Å². The lowest BCUT2D eigenvalue weighted by Crippen LogP contribution is -2.20. The highest BCUT2D eigenvalue weighted by Gasteiger charge is 2.21. The van der Waals surface area contributed by atoms with E-state index in [9.17, 15) is 9.18 Å². The summed E-state index contributed by atoms with van der Waals surface area (Å²) in [6.45, 7) is 2.02. The van der Waals surface area contributed by atoms with Crippen LogP contribution in [0.4, 0.5) is 4.39 Å². The fraction of sp³-hybridized carbons (Fsp3) is 0.250. The standard InChI is InChI=1S/C20H20BrFN4OS/c1-13(25(2)3)19-23-24-20(26(19)17-9-7-16(22)8-10-17)28-12-18(27)14-5-4-6-15(21)11-14/h4-11,13H,12H2,1-3H3/t13-/m0/s1. The van der Waals surface area contributed by atoms with Crippen LogP contribution in [0.15, 0.2) is 58.2 Å². The molecule has 3 aromatic rings. The van der Waals surface area contributed by atoms with Crippen molar-refractivity contribution in [3.05, 3.63) is 70.2 Å². The number of carbonyl (C=O) groups excluding carboxylic acids is 1. The Kier molecular flexibility index (Phi) is 6.64. The van der Waals surface area contributed by atoms with Crippen LogP contribution < -0.4 is 0 Å². The van der Waals surface area contributed by atoms with Gasteiger partial charge >= 0.3 is 0 Å². The average Bonchev–Trinajstić information content (AvgIpc) is 3.09. The molecule has 0 unspecified atom stereocenters. The molecule has 3 rings (SSSR count). The number of hydrogen-bond donors (Lipinski definition) is 0. The number of rotatable bonds is 7. The van der Waals surface area contributed by atoms with Gasteiger partial charge in [-0.1, -0.05) is 39.8 Å². The fourth-order valence-electron chi connectivity index (χ4n) is 2.58. The third-order valence-corrected chi connectivity index (χ3v) is 5.79. The zero-order chi connectivity index (χ0) is 20.3. The van der Waals surface area contributed by atoms with Crippen molar-refractivity contribution in [1.82, 2.24) is 19.7 Å². The molecular weight excluding hydrogens is 443 g/mol. The molecule has 1 aromatic heterocycles. The number of aromatic nitrogens is 3. The Balaban J connectivity index is 1.90. The molecule has 1 atom stereocenters. The molecule has 0 spiro atoms. The minimum atomic E-state index is -0.307. The van der Waals surface area contributed by atoms with Gasteiger partial charge in [-0.15, -0.1) is 10.2 Å². The van der Waals surface area contributed by atoms with E-state index in [-0.39, 0.29) is 23.4 Å². The van der Waals surface area contributed by atoms with Gasteiger partial charge in [0.25, 0.3) is 0 Å². The van der Waals surface area contributed by atoms with Crippen LogP contribution in [0.1, 0.15) is 29.1 Å². The van der Waals surface area contributed by atoms with E-state index in [0.717, 1.165) is 16.0 Å². The van der Waals surface area contributed by atoms with Gasteiger partial charge in [0, 0.05) is 15.7 Å². The van der Waals surface area contributed by atoms with Crippen molar-refractivity contribution < 1.29 is 9.18 Å². The topological polar surface area (TPSA) is 51.0 Å². The molecule has 2 aromatic carbocycles. The predicted octanol–water partition coefficient (Wildman–Crippen LogP) is 4.77. The number of ketones is 1. The molecule has 0 saturated heterocycles. The number of benzene rings is 2. The summed E-state index contributed by atoms with van der Waals surface area (Å²) in [4.78, 5) is 14.6. The van der Waals surface area contributed by atoms with Crippen LogP contribution in [0.2, 0.25) is 0 Å². The van der Waals surface area contributed by atoms with E-state index in [0.29, 0.717) is 10.7 Å². The highest BCUT2D eigenvalue weighted by Crippen LogP contribution is 2.27. The molecule has 0 N–H and O–H groups in total. The molecule has 0 bridgehead atoms. The van der Waals surface area contributed by atoms with Gasteiger partial charge in [-0.05, 0) is 57.4 Å². The summed E-state index contributed by atoms with van der Waals surface area (Å²) in [6.07, 6.45) is 0. The van der Waals surface area contributed by atoms with Crippen molar-refractivity contribution >= 4 is 33.5 Å². The molecule has 0 aliphatic heterocycles. The highest BCUT2D eigenvalue weighted by molar-refractivity contribution is 9.10. The summed E-state index contributed by atoms with van der Waals surface area (Å²) in [7, 11) is 3.91. The molecule has 8 heteroatoms. The number of thioether (sulfide) groups is 1. The number of carbonyl (C=O) groups is 1. The lowest BCUT2D eigenvalue weighted by Gasteiger charge is -2.20. The summed E-state index contributed by atoms with van der Waals surface area (Å²) >= 11 is 4.70. The second-order valence-electron chi connectivity index (χ2n) is 6.51. The quantitative estimate of drug-likeness (QED) is 0.374. The van der Waals surface area contributed by atoms with E-state index in [1.54, 1.807) is 24.3 Å². The lowest BCUT2D eigenvalue weighted by atomic mass is 10.2. The molecule has 5 nitrogen and oxygen atoms in total. The highest BCUT2D eigenvalue weighted by atomic mass is 79.9. The monoisotopic (exact) mass is 462 g/mol. The molecule has 0 aliphatic rings. The van der Waals surface area contributed by atoms with Crippen LogP contribution >= 0.6 is 27.7 Å². The van der Waals surface area contributed by atoms with Gasteiger partial charge in [0.15, 0.2) is 16.8 Å². The van der Waals surface area contributed by atoms with Crippen LogP contribution in [0.5, 0.6) is 0 Å². The van der Waals surface area contributed by atoms with E-state index in [1.807, 2.05) is 42.6 Å². The van der Waals surface area contributed by atoms with E-state index in [1.165, 1.54) is 23.9 Å². The molecule has 28 heavy (non-hydrogen) atoms. The van der Waals surface area contributed by atoms with E-state index >= 15 is 0 Å². The fourth-order valence-corrected chi connectivity index (χ4v) is 3.84. The van der Waals surface area contributed by atoms with Crippen molar-refractivity contribution in [2.24, 2.45) is 0 Å². The maximum absolute atomic E-state index is 13.4. The first-order valence-corrected chi connectivity index (χ1v) is 10.4. The summed E-state index contributed by atoms with van der Waals surface area (Å²) in [5, 5.41) is 9.23. The van der Waals surface area contributed by atoms with Gasteiger partial charge < -0.3 is 0 Å². The maximum atomic E-state index is 13.4. The number of nitrogens with zero attached hydrogens (tertiary/aromatic N) is 4. The summed E-state index contributed by atoms with van der Waals surface area (Å²) in [6, 6.07) is 13.5. The predicted molar refractivity (Wildman–Crippen MR) is 113 cm³/mol. The SMILES string of the molecule is C[C@@H](c1nnc(SCC(=O)c2cccc(Br)c2)n1-c1ccc(F)cc1)N(C)C. The third-order valence-electron chi connectivity index (χ3n) is 4.37. The second-order valence-corrected chi connectivity index (χ2v) is 8.37. The zero-order valence-corrected chi connectivity index (χ0v) is 18.2. The largest absolute Gasteiger partial charge is 0.300 e.